The first-order chi connectivity index (χ1) is 4.70. The van der Waals surface area contributed by atoms with Gasteiger partial charge in [0, 0.05) is 19.1 Å². The smallest absolute Gasteiger partial charge is 0.0850 e. The van der Waals surface area contributed by atoms with E-state index >= 15 is 0 Å². The molecule has 1 fully saturated rings. The average Bonchev–Trinajstić information content (AvgIpc) is 1.88. The van der Waals surface area contributed by atoms with Crippen molar-refractivity contribution in [2.45, 2.75) is 19.1 Å². The van der Waals surface area contributed by atoms with Gasteiger partial charge in [-0.1, -0.05) is 0 Å². The second kappa shape index (κ2) is 3.32. The molecule has 2 atom stereocenters. The van der Waals surface area contributed by atoms with Crippen LogP contribution in [0.5, 0.6) is 0 Å². The maximum Gasteiger partial charge on any atom is 0.0850 e. The van der Waals surface area contributed by atoms with Crippen LogP contribution in [-0.2, 0) is 4.74 Å². The van der Waals surface area contributed by atoms with Crippen molar-refractivity contribution in [1.29, 1.82) is 0 Å². The zero-order chi connectivity index (χ0) is 7.56. The summed E-state index contributed by atoms with van der Waals surface area (Å²) < 4.78 is 5.44. The SMILES string of the molecule is C[C@H](N)[C@@H]1CN(C)CCO1. The van der Waals surface area contributed by atoms with E-state index in [0.29, 0.717) is 0 Å². The molecule has 1 rings (SSSR count). The Labute approximate surface area is 62.1 Å². The standard InChI is InChI=1S/C7H16N2O/c1-6(8)7-5-9(2)3-4-10-7/h6-7H,3-5,8H2,1-2H3/t6-,7-/m0/s1. The maximum absolute atomic E-state index is 5.68. The Kier molecular flexibility index (Phi) is 2.65. The van der Waals surface area contributed by atoms with Gasteiger partial charge in [-0.2, -0.15) is 0 Å². The van der Waals surface area contributed by atoms with Crippen molar-refractivity contribution in [2.75, 3.05) is 26.7 Å². The number of nitrogens with two attached hydrogens (primary N) is 1. The highest BCUT2D eigenvalue weighted by molar-refractivity contribution is 4.75. The Balaban J connectivity index is 2.32. The molecule has 0 spiro atoms. The molecule has 2 N–H and O–H groups in total. The molecule has 0 radical (unpaired) electrons. The van der Waals surface area contributed by atoms with E-state index in [2.05, 4.69) is 11.9 Å². The van der Waals surface area contributed by atoms with Gasteiger partial charge in [0.25, 0.3) is 0 Å². The third-order valence-corrected chi connectivity index (χ3v) is 1.88. The van der Waals surface area contributed by atoms with Gasteiger partial charge < -0.3 is 15.4 Å². The van der Waals surface area contributed by atoms with Crippen molar-refractivity contribution in [1.82, 2.24) is 4.90 Å². The van der Waals surface area contributed by atoms with Crippen LogP contribution in [0.2, 0.25) is 0 Å². The van der Waals surface area contributed by atoms with Crippen molar-refractivity contribution < 1.29 is 4.74 Å². The van der Waals surface area contributed by atoms with Crippen LogP contribution in [-0.4, -0.2) is 43.8 Å². The Morgan fingerprint density at radius 1 is 1.70 bits per heavy atom. The summed E-state index contributed by atoms with van der Waals surface area (Å²) in [6, 6.07) is 0.155. The zero-order valence-electron chi connectivity index (χ0n) is 6.71. The molecule has 3 heteroatoms. The topological polar surface area (TPSA) is 38.5 Å². The summed E-state index contributed by atoms with van der Waals surface area (Å²) in [7, 11) is 2.10. The fourth-order valence-electron chi connectivity index (χ4n) is 1.13. The van der Waals surface area contributed by atoms with Crippen LogP contribution in [0.15, 0.2) is 0 Å². The molecule has 1 aliphatic heterocycles. The molecule has 0 unspecified atom stereocenters. The summed E-state index contributed by atoms with van der Waals surface area (Å²) in [4.78, 5) is 2.25. The fraction of sp³-hybridized carbons (Fsp3) is 1.00. The fourth-order valence-corrected chi connectivity index (χ4v) is 1.13. The van der Waals surface area contributed by atoms with E-state index in [1.54, 1.807) is 0 Å². The molecule has 0 aromatic carbocycles. The highest BCUT2D eigenvalue weighted by Gasteiger charge is 2.20. The van der Waals surface area contributed by atoms with E-state index in [-0.39, 0.29) is 12.1 Å². The molecular weight excluding hydrogens is 128 g/mol. The van der Waals surface area contributed by atoms with E-state index in [9.17, 15) is 0 Å². The summed E-state index contributed by atoms with van der Waals surface area (Å²) in [5.74, 6) is 0. The lowest BCUT2D eigenvalue weighted by atomic mass is 10.2. The minimum absolute atomic E-state index is 0.155. The molecule has 1 heterocycles. The van der Waals surface area contributed by atoms with E-state index in [1.165, 1.54) is 0 Å². The van der Waals surface area contributed by atoms with E-state index in [1.807, 2.05) is 6.92 Å². The molecule has 0 saturated carbocycles. The highest BCUT2D eigenvalue weighted by Crippen LogP contribution is 2.04. The molecule has 3 nitrogen and oxygen atoms in total. The molecule has 0 aromatic heterocycles. The van der Waals surface area contributed by atoms with Crippen LogP contribution in [0.4, 0.5) is 0 Å². The van der Waals surface area contributed by atoms with Crippen molar-refractivity contribution >= 4 is 0 Å². The molecule has 0 amide bonds. The van der Waals surface area contributed by atoms with Crippen LogP contribution >= 0.6 is 0 Å². The molecule has 0 bridgehead atoms. The minimum atomic E-state index is 0.155. The second-order valence-corrected chi connectivity index (χ2v) is 3.03. The van der Waals surface area contributed by atoms with E-state index in [4.69, 9.17) is 10.5 Å². The number of nitrogens with zero attached hydrogens (tertiary/aromatic N) is 1. The Hall–Kier alpha value is -0.120. The van der Waals surface area contributed by atoms with Gasteiger partial charge in [-0.3, -0.25) is 0 Å². The third kappa shape index (κ3) is 1.94. The Bertz CT molecular complexity index is 106. The lowest BCUT2D eigenvalue weighted by molar-refractivity contribution is -0.0291. The number of rotatable bonds is 1. The normalized spacial score (nSPS) is 32.1. The van der Waals surface area contributed by atoms with Crippen molar-refractivity contribution in [3.63, 3.8) is 0 Å². The predicted octanol–water partition coefficient (Wildman–Crippen LogP) is -0.336. The van der Waals surface area contributed by atoms with Gasteiger partial charge in [0.05, 0.1) is 12.7 Å². The van der Waals surface area contributed by atoms with Gasteiger partial charge in [-0.15, -0.1) is 0 Å². The minimum Gasteiger partial charge on any atom is -0.374 e. The molecule has 0 aromatic rings. The summed E-state index contributed by atoms with van der Waals surface area (Å²) in [6.07, 6.45) is 0.235. The lowest BCUT2D eigenvalue weighted by Crippen LogP contribution is -2.47. The predicted molar refractivity (Wildman–Crippen MR) is 40.9 cm³/mol. The number of morpholine rings is 1. The van der Waals surface area contributed by atoms with Crippen LogP contribution < -0.4 is 5.73 Å². The number of hydrogen-bond acceptors (Lipinski definition) is 3. The molecule has 60 valence electrons. The first-order valence-electron chi connectivity index (χ1n) is 3.76. The van der Waals surface area contributed by atoms with Crippen LogP contribution in [0.3, 0.4) is 0 Å². The first kappa shape index (κ1) is 7.98. The van der Waals surface area contributed by atoms with Gasteiger partial charge in [-0.05, 0) is 14.0 Å². The van der Waals surface area contributed by atoms with Crippen molar-refractivity contribution in [3.05, 3.63) is 0 Å². The van der Waals surface area contributed by atoms with Gasteiger partial charge >= 0.3 is 0 Å². The van der Waals surface area contributed by atoms with E-state index < -0.39 is 0 Å². The average molecular weight is 144 g/mol. The van der Waals surface area contributed by atoms with Gasteiger partial charge in [-0.25, -0.2) is 0 Å². The summed E-state index contributed by atoms with van der Waals surface area (Å²) in [6.45, 7) is 4.81. The van der Waals surface area contributed by atoms with Crippen LogP contribution in [0.1, 0.15) is 6.92 Å². The zero-order valence-corrected chi connectivity index (χ0v) is 6.71. The van der Waals surface area contributed by atoms with Crippen LogP contribution in [0.25, 0.3) is 0 Å². The first-order valence-corrected chi connectivity index (χ1v) is 3.76. The number of ether oxygens (including phenoxy) is 1. The number of hydrogen-bond donors (Lipinski definition) is 1. The Morgan fingerprint density at radius 3 is 2.80 bits per heavy atom. The Morgan fingerprint density at radius 2 is 2.40 bits per heavy atom. The summed E-state index contributed by atoms with van der Waals surface area (Å²) in [5, 5.41) is 0. The summed E-state index contributed by atoms with van der Waals surface area (Å²) >= 11 is 0. The maximum atomic E-state index is 5.68. The molecule has 10 heavy (non-hydrogen) atoms. The van der Waals surface area contributed by atoms with E-state index in [0.717, 1.165) is 19.7 Å². The molecule has 1 saturated heterocycles. The molecule has 1 aliphatic rings. The van der Waals surface area contributed by atoms with Gasteiger partial charge in [0.1, 0.15) is 0 Å². The largest absolute Gasteiger partial charge is 0.374 e. The highest BCUT2D eigenvalue weighted by atomic mass is 16.5. The second-order valence-electron chi connectivity index (χ2n) is 3.03. The van der Waals surface area contributed by atoms with Crippen molar-refractivity contribution in [3.8, 4) is 0 Å². The lowest BCUT2D eigenvalue weighted by Gasteiger charge is -2.32. The van der Waals surface area contributed by atoms with Crippen LogP contribution in [0, 0.1) is 0 Å². The number of likely N-dealkylation sites (N-methyl/N-ethyl adjacent to an activating group) is 1. The third-order valence-electron chi connectivity index (χ3n) is 1.88. The monoisotopic (exact) mass is 144 g/mol. The molecular formula is C7H16N2O. The summed E-state index contributed by atoms with van der Waals surface area (Å²) in [5.41, 5.74) is 5.68. The van der Waals surface area contributed by atoms with Crippen molar-refractivity contribution in [2.24, 2.45) is 5.73 Å². The van der Waals surface area contributed by atoms with Gasteiger partial charge in [0.15, 0.2) is 0 Å². The quantitative estimate of drug-likeness (QED) is 0.547. The van der Waals surface area contributed by atoms with Gasteiger partial charge in [0.2, 0.25) is 0 Å². The molecule has 0 aliphatic carbocycles.